The first-order valence-electron chi connectivity index (χ1n) is 9.58. The molecule has 2 heterocycles. The van der Waals surface area contributed by atoms with Gasteiger partial charge in [-0.1, -0.05) is 16.8 Å². The van der Waals surface area contributed by atoms with E-state index in [1.807, 2.05) is 0 Å². The van der Waals surface area contributed by atoms with Crippen molar-refractivity contribution in [1.29, 1.82) is 0 Å². The van der Waals surface area contributed by atoms with Gasteiger partial charge in [-0.05, 0) is 68.4 Å². The molecular formula is C21H20ClFN4O3. The zero-order valence-electron chi connectivity index (χ0n) is 16.0. The van der Waals surface area contributed by atoms with Gasteiger partial charge in [0.2, 0.25) is 5.91 Å². The molecule has 2 N–H and O–H groups in total. The summed E-state index contributed by atoms with van der Waals surface area (Å²) < 4.78 is 18.3. The van der Waals surface area contributed by atoms with Gasteiger partial charge in [-0.2, -0.15) is 4.98 Å². The van der Waals surface area contributed by atoms with E-state index in [9.17, 15) is 14.3 Å². The normalized spacial score (nSPS) is 15.3. The molecule has 0 atom stereocenters. The van der Waals surface area contributed by atoms with E-state index in [4.69, 9.17) is 16.1 Å². The van der Waals surface area contributed by atoms with Crippen LogP contribution in [0.25, 0.3) is 11.5 Å². The van der Waals surface area contributed by atoms with Crippen LogP contribution in [0.1, 0.15) is 18.7 Å². The number of anilines is 1. The minimum atomic E-state index is -0.323. The van der Waals surface area contributed by atoms with Crippen molar-refractivity contribution in [2.75, 3.05) is 18.4 Å². The van der Waals surface area contributed by atoms with Gasteiger partial charge in [0, 0.05) is 16.5 Å². The van der Waals surface area contributed by atoms with E-state index in [1.165, 1.54) is 24.3 Å². The van der Waals surface area contributed by atoms with Crippen LogP contribution in [-0.4, -0.2) is 39.1 Å². The highest BCUT2D eigenvalue weighted by Crippen LogP contribution is 2.28. The molecule has 0 spiro atoms. The van der Waals surface area contributed by atoms with E-state index in [0.29, 0.717) is 60.5 Å². The summed E-state index contributed by atoms with van der Waals surface area (Å²) in [5, 5.41) is 17.1. The van der Waals surface area contributed by atoms with Crippen molar-refractivity contribution in [1.82, 2.24) is 15.0 Å². The molecule has 156 valence electrons. The van der Waals surface area contributed by atoms with Crippen LogP contribution in [0.3, 0.4) is 0 Å². The van der Waals surface area contributed by atoms with Gasteiger partial charge < -0.3 is 14.9 Å². The second kappa shape index (κ2) is 8.81. The van der Waals surface area contributed by atoms with Crippen LogP contribution in [0.2, 0.25) is 5.02 Å². The molecule has 1 saturated heterocycles. The Hall–Kier alpha value is -2.97. The number of nitrogens with one attached hydrogen (secondary N) is 1. The Kier molecular flexibility index (Phi) is 5.96. The van der Waals surface area contributed by atoms with Crippen molar-refractivity contribution in [3.63, 3.8) is 0 Å². The van der Waals surface area contributed by atoms with Crippen molar-refractivity contribution >= 4 is 23.2 Å². The quantitative estimate of drug-likeness (QED) is 0.592. The van der Waals surface area contributed by atoms with E-state index in [-0.39, 0.29) is 23.4 Å². The number of carbonyl (C=O) groups is 1. The summed E-state index contributed by atoms with van der Waals surface area (Å²) in [6.07, 6.45) is 1.35. The Morgan fingerprint density at radius 3 is 2.70 bits per heavy atom. The summed E-state index contributed by atoms with van der Waals surface area (Å²) in [5.74, 6) is 0.266. The van der Waals surface area contributed by atoms with Crippen LogP contribution in [0.15, 0.2) is 47.0 Å². The second-order valence-corrected chi connectivity index (χ2v) is 7.66. The van der Waals surface area contributed by atoms with Crippen LogP contribution in [0.5, 0.6) is 5.75 Å². The number of aromatic nitrogens is 2. The number of rotatable bonds is 5. The maximum Gasteiger partial charge on any atom is 0.257 e. The minimum Gasteiger partial charge on any atom is -0.506 e. The van der Waals surface area contributed by atoms with Crippen LogP contribution in [-0.2, 0) is 11.3 Å². The fraction of sp³-hybridized carbons (Fsp3) is 0.286. The van der Waals surface area contributed by atoms with Crippen molar-refractivity contribution in [2.45, 2.75) is 19.4 Å². The zero-order chi connectivity index (χ0) is 21.1. The Morgan fingerprint density at radius 2 is 1.97 bits per heavy atom. The van der Waals surface area contributed by atoms with Gasteiger partial charge in [0.15, 0.2) is 5.82 Å². The average molecular weight is 431 g/mol. The molecule has 3 aromatic rings. The van der Waals surface area contributed by atoms with Gasteiger partial charge >= 0.3 is 0 Å². The third kappa shape index (κ3) is 4.77. The number of benzene rings is 2. The number of phenols is 1. The highest BCUT2D eigenvalue weighted by atomic mass is 35.5. The molecule has 1 aliphatic heterocycles. The molecule has 9 heteroatoms. The Labute approximate surface area is 177 Å². The largest absolute Gasteiger partial charge is 0.506 e. The highest BCUT2D eigenvalue weighted by molar-refractivity contribution is 6.31. The van der Waals surface area contributed by atoms with E-state index in [0.717, 1.165) is 0 Å². The molecule has 0 radical (unpaired) electrons. The lowest BCUT2D eigenvalue weighted by Gasteiger charge is -2.30. The van der Waals surface area contributed by atoms with Gasteiger partial charge in [-0.3, -0.25) is 9.69 Å². The number of nitrogens with zero attached hydrogens (tertiary/aromatic N) is 3. The molecule has 2 aromatic carbocycles. The molecule has 0 saturated carbocycles. The number of carbonyl (C=O) groups excluding carboxylic acids is 1. The monoisotopic (exact) mass is 430 g/mol. The number of halogens is 2. The SMILES string of the molecule is O=C(Nc1cc(Cl)ccc1O)C1CCN(Cc2noc(-c3ccc(F)cc3)n2)CC1. The molecule has 7 nitrogen and oxygen atoms in total. The topological polar surface area (TPSA) is 91.5 Å². The summed E-state index contributed by atoms with van der Waals surface area (Å²) in [6.45, 7) is 1.92. The van der Waals surface area contributed by atoms with Crippen molar-refractivity contribution in [3.8, 4) is 17.2 Å². The van der Waals surface area contributed by atoms with E-state index in [2.05, 4.69) is 20.4 Å². The first-order valence-corrected chi connectivity index (χ1v) is 9.96. The van der Waals surface area contributed by atoms with E-state index in [1.54, 1.807) is 18.2 Å². The van der Waals surface area contributed by atoms with E-state index >= 15 is 0 Å². The molecule has 0 bridgehead atoms. The summed E-state index contributed by atoms with van der Waals surface area (Å²) in [5.41, 5.74) is 0.977. The van der Waals surface area contributed by atoms with Crippen LogP contribution >= 0.6 is 11.6 Å². The lowest BCUT2D eigenvalue weighted by Crippen LogP contribution is -2.38. The zero-order valence-corrected chi connectivity index (χ0v) is 16.8. The van der Waals surface area contributed by atoms with Gasteiger partial charge in [-0.25, -0.2) is 4.39 Å². The number of likely N-dealkylation sites (tertiary alicyclic amines) is 1. The van der Waals surface area contributed by atoms with Crippen LogP contribution in [0, 0.1) is 11.7 Å². The number of amides is 1. The third-order valence-electron chi connectivity index (χ3n) is 5.10. The van der Waals surface area contributed by atoms with Gasteiger partial charge in [0.1, 0.15) is 11.6 Å². The van der Waals surface area contributed by atoms with Gasteiger partial charge in [0.25, 0.3) is 5.89 Å². The number of hydrogen-bond donors (Lipinski definition) is 2. The lowest BCUT2D eigenvalue weighted by atomic mass is 9.95. The maximum atomic E-state index is 13.0. The summed E-state index contributed by atoms with van der Waals surface area (Å²) in [7, 11) is 0. The molecule has 1 aliphatic rings. The Bertz CT molecular complexity index is 1030. The second-order valence-electron chi connectivity index (χ2n) is 7.22. The predicted molar refractivity (Wildman–Crippen MR) is 109 cm³/mol. The van der Waals surface area contributed by atoms with Crippen molar-refractivity contribution in [3.05, 3.63) is 59.1 Å². The highest BCUT2D eigenvalue weighted by Gasteiger charge is 2.26. The molecule has 0 unspecified atom stereocenters. The average Bonchev–Trinajstić information content (AvgIpc) is 3.20. The summed E-state index contributed by atoms with van der Waals surface area (Å²) in [6, 6.07) is 10.4. The molecule has 1 amide bonds. The number of hydrogen-bond acceptors (Lipinski definition) is 6. The molecular weight excluding hydrogens is 411 g/mol. The van der Waals surface area contributed by atoms with Crippen molar-refractivity contribution < 1.29 is 18.8 Å². The smallest absolute Gasteiger partial charge is 0.257 e. The van der Waals surface area contributed by atoms with Crippen LogP contribution in [0.4, 0.5) is 10.1 Å². The number of piperidine rings is 1. The fourth-order valence-electron chi connectivity index (χ4n) is 3.42. The Morgan fingerprint density at radius 1 is 1.23 bits per heavy atom. The molecule has 1 aromatic heterocycles. The standard InChI is InChI=1S/C21H20ClFN4O3/c22-15-3-6-18(28)17(11-15)24-20(29)13-7-9-27(10-8-13)12-19-25-21(30-26-19)14-1-4-16(23)5-2-14/h1-6,11,13,28H,7-10,12H2,(H,24,29). The van der Waals surface area contributed by atoms with Gasteiger partial charge in [0.05, 0.1) is 12.2 Å². The molecule has 4 rings (SSSR count). The predicted octanol–water partition coefficient (Wildman–Crippen LogP) is 4.09. The first kappa shape index (κ1) is 20.3. The molecule has 30 heavy (non-hydrogen) atoms. The minimum absolute atomic E-state index is 0.0146. The summed E-state index contributed by atoms with van der Waals surface area (Å²) >= 11 is 5.92. The fourth-order valence-corrected chi connectivity index (χ4v) is 3.60. The molecule has 1 fully saturated rings. The number of phenolic OH excluding ortho intramolecular Hbond substituents is 1. The third-order valence-corrected chi connectivity index (χ3v) is 5.33. The Balaban J connectivity index is 1.30. The molecule has 0 aliphatic carbocycles. The van der Waals surface area contributed by atoms with Crippen LogP contribution < -0.4 is 5.32 Å². The first-order chi connectivity index (χ1) is 14.5. The summed E-state index contributed by atoms with van der Waals surface area (Å²) in [4.78, 5) is 19.1. The van der Waals surface area contributed by atoms with Gasteiger partial charge in [-0.15, -0.1) is 0 Å². The maximum absolute atomic E-state index is 13.0. The van der Waals surface area contributed by atoms with Crippen molar-refractivity contribution in [2.24, 2.45) is 5.92 Å². The van der Waals surface area contributed by atoms with E-state index < -0.39 is 0 Å². The lowest BCUT2D eigenvalue weighted by molar-refractivity contribution is -0.121. The number of aromatic hydroxyl groups is 1.